The Hall–Kier alpha value is -1.63. The first-order valence-corrected chi connectivity index (χ1v) is 6.50. The predicted octanol–water partition coefficient (Wildman–Crippen LogP) is 0.929. The minimum Gasteiger partial charge on any atom is -0.465 e. The molecule has 1 aromatic rings. The second-order valence-corrected chi connectivity index (χ2v) is 5.11. The number of ether oxygens (including phenoxy) is 1. The van der Waals surface area contributed by atoms with E-state index in [1.54, 1.807) is 6.92 Å². The Morgan fingerprint density at radius 2 is 2.44 bits per heavy atom. The molecule has 0 spiro atoms. The number of anilines is 1. The van der Waals surface area contributed by atoms with E-state index in [1.807, 2.05) is 0 Å². The van der Waals surface area contributed by atoms with E-state index in [4.69, 9.17) is 0 Å². The Morgan fingerprint density at radius 3 is 3.06 bits per heavy atom. The standard InChI is InChI=1S/C11H15N3O3S/c1-6-9(10(16)17-2)18-11(13-6)12-5-7-3-4-8(15)14-7/h7H,3-5H2,1-2H3,(H,12,13)(H,14,15). The third kappa shape index (κ3) is 2.79. The molecule has 1 amide bonds. The van der Waals surface area contributed by atoms with Crippen LogP contribution in [0.25, 0.3) is 0 Å². The number of thiazole rings is 1. The minimum atomic E-state index is -0.368. The second kappa shape index (κ2) is 5.34. The van der Waals surface area contributed by atoms with Crippen LogP contribution < -0.4 is 10.6 Å². The minimum absolute atomic E-state index is 0.0902. The Balaban J connectivity index is 1.94. The molecule has 2 rings (SSSR count). The smallest absolute Gasteiger partial charge is 0.350 e. The van der Waals surface area contributed by atoms with Gasteiger partial charge in [0.2, 0.25) is 5.91 Å². The number of carbonyl (C=O) groups is 2. The molecule has 0 saturated carbocycles. The molecule has 0 aromatic carbocycles. The number of nitrogens with one attached hydrogen (secondary N) is 2. The average Bonchev–Trinajstić information content (AvgIpc) is 2.92. The zero-order chi connectivity index (χ0) is 13.1. The van der Waals surface area contributed by atoms with Gasteiger partial charge in [-0.1, -0.05) is 11.3 Å². The number of esters is 1. The van der Waals surface area contributed by atoms with E-state index in [1.165, 1.54) is 18.4 Å². The number of amides is 1. The summed E-state index contributed by atoms with van der Waals surface area (Å²) in [6, 6.07) is 0.142. The number of methoxy groups -OCH3 is 1. The number of nitrogens with zero attached hydrogens (tertiary/aromatic N) is 1. The molecule has 7 heteroatoms. The number of hydrogen-bond acceptors (Lipinski definition) is 6. The van der Waals surface area contributed by atoms with Gasteiger partial charge in [0.1, 0.15) is 4.88 Å². The zero-order valence-electron chi connectivity index (χ0n) is 10.3. The summed E-state index contributed by atoms with van der Waals surface area (Å²) in [4.78, 5) is 27.2. The normalized spacial score (nSPS) is 18.6. The van der Waals surface area contributed by atoms with Crippen LogP contribution in [0.2, 0.25) is 0 Å². The van der Waals surface area contributed by atoms with Crippen molar-refractivity contribution in [3.63, 3.8) is 0 Å². The average molecular weight is 269 g/mol. The summed E-state index contributed by atoms with van der Waals surface area (Å²) in [6.07, 6.45) is 1.41. The molecule has 0 aliphatic carbocycles. The van der Waals surface area contributed by atoms with Gasteiger partial charge in [-0.05, 0) is 13.3 Å². The number of rotatable bonds is 4. The molecule has 2 heterocycles. The summed E-state index contributed by atoms with van der Waals surface area (Å²) >= 11 is 1.27. The van der Waals surface area contributed by atoms with Crippen molar-refractivity contribution in [2.75, 3.05) is 19.0 Å². The summed E-state index contributed by atoms with van der Waals surface area (Å²) in [6.45, 7) is 2.39. The van der Waals surface area contributed by atoms with Gasteiger partial charge in [-0.3, -0.25) is 4.79 Å². The van der Waals surface area contributed by atoms with E-state index < -0.39 is 0 Å². The lowest BCUT2D eigenvalue weighted by Crippen LogP contribution is -2.31. The van der Waals surface area contributed by atoms with Crippen molar-refractivity contribution in [2.45, 2.75) is 25.8 Å². The second-order valence-electron chi connectivity index (χ2n) is 4.11. The Bertz CT molecular complexity index is 472. The summed E-state index contributed by atoms with van der Waals surface area (Å²) in [5, 5.41) is 6.67. The van der Waals surface area contributed by atoms with Gasteiger partial charge in [0, 0.05) is 19.0 Å². The van der Waals surface area contributed by atoms with E-state index in [9.17, 15) is 9.59 Å². The SMILES string of the molecule is COC(=O)c1sc(NCC2CCC(=O)N2)nc1C. The molecular formula is C11H15N3O3S. The van der Waals surface area contributed by atoms with Gasteiger partial charge in [-0.2, -0.15) is 0 Å². The molecule has 0 radical (unpaired) electrons. The summed E-state index contributed by atoms with van der Waals surface area (Å²) in [7, 11) is 1.35. The molecular weight excluding hydrogens is 254 g/mol. The van der Waals surface area contributed by atoms with Gasteiger partial charge in [-0.25, -0.2) is 9.78 Å². The first-order chi connectivity index (χ1) is 8.60. The zero-order valence-corrected chi connectivity index (χ0v) is 11.1. The van der Waals surface area contributed by atoms with Crippen LogP contribution in [0.15, 0.2) is 0 Å². The van der Waals surface area contributed by atoms with Gasteiger partial charge < -0.3 is 15.4 Å². The van der Waals surface area contributed by atoms with Crippen LogP contribution in [0.1, 0.15) is 28.2 Å². The Labute approximate surface area is 109 Å². The highest BCUT2D eigenvalue weighted by atomic mass is 32.1. The quantitative estimate of drug-likeness (QED) is 0.795. The number of aromatic nitrogens is 1. The molecule has 6 nitrogen and oxygen atoms in total. The highest BCUT2D eigenvalue weighted by Crippen LogP contribution is 2.23. The molecule has 18 heavy (non-hydrogen) atoms. The first-order valence-electron chi connectivity index (χ1n) is 5.69. The summed E-state index contributed by atoms with van der Waals surface area (Å²) in [5.41, 5.74) is 0.657. The third-order valence-corrected chi connectivity index (χ3v) is 3.85. The molecule has 1 fully saturated rings. The maximum Gasteiger partial charge on any atom is 0.350 e. The van der Waals surface area contributed by atoms with E-state index in [2.05, 4.69) is 20.4 Å². The molecule has 1 atom stereocenters. The Morgan fingerprint density at radius 1 is 1.67 bits per heavy atom. The largest absolute Gasteiger partial charge is 0.465 e. The van der Waals surface area contributed by atoms with Crippen LogP contribution in [-0.2, 0) is 9.53 Å². The lowest BCUT2D eigenvalue weighted by molar-refractivity contribution is -0.119. The van der Waals surface area contributed by atoms with Crippen LogP contribution in [0.4, 0.5) is 5.13 Å². The van der Waals surface area contributed by atoms with Crippen LogP contribution in [0.3, 0.4) is 0 Å². The van der Waals surface area contributed by atoms with Crippen molar-refractivity contribution >= 4 is 28.3 Å². The van der Waals surface area contributed by atoms with E-state index in [-0.39, 0.29) is 17.9 Å². The van der Waals surface area contributed by atoms with Crippen LogP contribution >= 0.6 is 11.3 Å². The fourth-order valence-corrected chi connectivity index (χ4v) is 2.69. The molecule has 1 aliphatic heterocycles. The molecule has 1 aromatic heterocycles. The van der Waals surface area contributed by atoms with Crippen molar-refractivity contribution < 1.29 is 14.3 Å². The summed E-state index contributed by atoms with van der Waals surface area (Å²) < 4.78 is 4.67. The fourth-order valence-electron chi connectivity index (χ4n) is 1.80. The topological polar surface area (TPSA) is 80.3 Å². The van der Waals surface area contributed by atoms with Crippen molar-refractivity contribution in [1.29, 1.82) is 0 Å². The highest BCUT2D eigenvalue weighted by molar-refractivity contribution is 7.17. The number of carbonyl (C=O) groups excluding carboxylic acids is 2. The van der Waals surface area contributed by atoms with Crippen molar-refractivity contribution in [1.82, 2.24) is 10.3 Å². The van der Waals surface area contributed by atoms with Crippen molar-refractivity contribution in [3.8, 4) is 0 Å². The molecule has 1 unspecified atom stereocenters. The Kier molecular flexibility index (Phi) is 3.81. The number of aryl methyl sites for hydroxylation is 1. The third-order valence-electron chi connectivity index (χ3n) is 2.75. The monoisotopic (exact) mass is 269 g/mol. The van der Waals surface area contributed by atoms with Gasteiger partial charge >= 0.3 is 5.97 Å². The van der Waals surface area contributed by atoms with Gasteiger partial charge in [0.25, 0.3) is 0 Å². The molecule has 1 aliphatic rings. The van der Waals surface area contributed by atoms with Crippen molar-refractivity contribution in [3.05, 3.63) is 10.6 Å². The first kappa shape index (κ1) is 12.8. The van der Waals surface area contributed by atoms with Crippen molar-refractivity contribution in [2.24, 2.45) is 0 Å². The van der Waals surface area contributed by atoms with Crippen LogP contribution in [0.5, 0.6) is 0 Å². The van der Waals surface area contributed by atoms with Gasteiger partial charge in [0.05, 0.1) is 12.8 Å². The van der Waals surface area contributed by atoms with E-state index in [0.29, 0.717) is 28.7 Å². The van der Waals surface area contributed by atoms with Gasteiger partial charge in [-0.15, -0.1) is 0 Å². The maximum absolute atomic E-state index is 11.4. The lowest BCUT2D eigenvalue weighted by Gasteiger charge is -2.09. The molecule has 0 bridgehead atoms. The molecule has 2 N–H and O–H groups in total. The fraction of sp³-hybridized carbons (Fsp3) is 0.545. The number of hydrogen-bond donors (Lipinski definition) is 2. The molecule has 1 saturated heterocycles. The highest BCUT2D eigenvalue weighted by Gasteiger charge is 2.21. The van der Waals surface area contributed by atoms with E-state index in [0.717, 1.165) is 6.42 Å². The van der Waals surface area contributed by atoms with E-state index >= 15 is 0 Å². The summed E-state index contributed by atoms with van der Waals surface area (Å²) in [5.74, 6) is -0.278. The van der Waals surface area contributed by atoms with Crippen LogP contribution in [-0.4, -0.2) is 36.6 Å². The predicted molar refractivity (Wildman–Crippen MR) is 67.8 cm³/mol. The van der Waals surface area contributed by atoms with Gasteiger partial charge in [0.15, 0.2) is 5.13 Å². The lowest BCUT2D eigenvalue weighted by atomic mass is 10.2. The van der Waals surface area contributed by atoms with Crippen LogP contribution in [0, 0.1) is 6.92 Å². The molecule has 98 valence electrons. The maximum atomic E-state index is 11.4.